The number of likely N-dealkylation sites (N-methyl/N-ethyl adjacent to an activating group) is 1. The summed E-state index contributed by atoms with van der Waals surface area (Å²) < 4.78 is 5.20. The van der Waals surface area contributed by atoms with Gasteiger partial charge in [0.2, 0.25) is 0 Å². The third-order valence-corrected chi connectivity index (χ3v) is 5.10. The first-order valence-electron chi connectivity index (χ1n) is 8.99. The van der Waals surface area contributed by atoms with Gasteiger partial charge in [0.1, 0.15) is 5.75 Å². The molecule has 0 aliphatic rings. The molecule has 0 fully saturated rings. The molecule has 2 rings (SSSR count). The molecule has 7 heteroatoms. The molecule has 0 bridgehead atoms. The van der Waals surface area contributed by atoms with Gasteiger partial charge in [-0.15, -0.1) is 35.3 Å². The number of thiophene rings is 1. The van der Waals surface area contributed by atoms with Gasteiger partial charge in [0.15, 0.2) is 5.96 Å². The summed E-state index contributed by atoms with van der Waals surface area (Å²) in [5.74, 6) is 1.75. The lowest BCUT2D eigenvalue weighted by Crippen LogP contribution is -2.39. The molecule has 0 aliphatic carbocycles. The van der Waals surface area contributed by atoms with Gasteiger partial charge < -0.3 is 20.3 Å². The molecule has 2 N–H and O–H groups in total. The molecule has 150 valence electrons. The lowest BCUT2D eigenvalue weighted by Gasteiger charge is -2.22. The van der Waals surface area contributed by atoms with Crippen molar-refractivity contribution in [1.82, 2.24) is 15.5 Å². The number of nitrogens with one attached hydrogen (secondary N) is 2. The van der Waals surface area contributed by atoms with E-state index in [0.29, 0.717) is 6.04 Å². The number of aliphatic imine (C=N–C) groups is 1. The van der Waals surface area contributed by atoms with Crippen molar-refractivity contribution in [1.29, 1.82) is 0 Å². The van der Waals surface area contributed by atoms with Crippen molar-refractivity contribution in [3.8, 4) is 5.75 Å². The van der Waals surface area contributed by atoms with Crippen LogP contribution in [0.15, 0.2) is 46.8 Å². The van der Waals surface area contributed by atoms with Crippen molar-refractivity contribution in [2.45, 2.75) is 19.4 Å². The zero-order valence-electron chi connectivity index (χ0n) is 16.6. The van der Waals surface area contributed by atoms with Gasteiger partial charge in [0, 0.05) is 18.0 Å². The summed E-state index contributed by atoms with van der Waals surface area (Å²) in [7, 11) is 5.89. The minimum absolute atomic E-state index is 0. The van der Waals surface area contributed by atoms with Crippen molar-refractivity contribution in [2.24, 2.45) is 4.99 Å². The number of nitrogens with zero attached hydrogens (tertiary/aromatic N) is 2. The van der Waals surface area contributed by atoms with Crippen LogP contribution in [0.2, 0.25) is 0 Å². The fourth-order valence-electron chi connectivity index (χ4n) is 2.63. The van der Waals surface area contributed by atoms with Gasteiger partial charge in [0.25, 0.3) is 0 Å². The van der Waals surface area contributed by atoms with Gasteiger partial charge in [-0.05, 0) is 56.6 Å². The standard InChI is InChI=1S/C20H30N4OS.HI/c1-5-21-20(22-13-12-16-8-10-17(25-4)11-9-16)23-15-18(24(2)3)19-7-6-14-26-19;/h6-11,14,18H,5,12-13,15H2,1-4H3,(H2,21,22,23);1H. The number of ether oxygens (including phenoxy) is 1. The fraction of sp³-hybridized carbons (Fsp3) is 0.450. The second-order valence-electron chi connectivity index (χ2n) is 6.24. The van der Waals surface area contributed by atoms with Crippen LogP contribution < -0.4 is 15.4 Å². The van der Waals surface area contributed by atoms with Crippen LogP contribution in [0.4, 0.5) is 0 Å². The normalized spacial score (nSPS) is 12.4. The largest absolute Gasteiger partial charge is 0.497 e. The third kappa shape index (κ3) is 8.06. The first-order chi connectivity index (χ1) is 12.6. The minimum Gasteiger partial charge on any atom is -0.497 e. The Hall–Kier alpha value is -1.32. The summed E-state index contributed by atoms with van der Waals surface area (Å²) in [5.41, 5.74) is 1.28. The number of hydrogen-bond donors (Lipinski definition) is 2. The Morgan fingerprint density at radius 2 is 1.93 bits per heavy atom. The molecule has 2 aromatic rings. The van der Waals surface area contributed by atoms with E-state index in [-0.39, 0.29) is 24.0 Å². The molecule has 0 saturated carbocycles. The van der Waals surface area contributed by atoms with Crippen molar-refractivity contribution < 1.29 is 4.74 Å². The summed E-state index contributed by atoms with van der Waals surface area (Å²) in [6.45, 7) is 4.50. The molecule has 0 spiro atoms. The van der Waals surface area contributed by atoms with Gasteiger partial charge in [-0.2, -0.15) is 0 Å². The van der Waals surface area contributed by atoms with E-state index in [1.165, 1.54) is 10.4 Å². The Bertz CT molecular complexity index is 659. The van der Waals surface area contributed by atoms with Crippen LogP contribution in [0.3, 0.4) is 0 Å². The first-order valence-corrected chi connectivity index (χ1v) is 9.87. The van der Waals surface area contributed by atoms with E-state index in [1.807, 2.05) is 12.1 Å². The quantitative estimate of drug-likeness (QED) is 0.312. The third-order valence-electron chi connectivity index (χ3n) is 4.13. The maximum atomic E-state index is 5.20. The molecule has 1 atom stereocenters. The van der Waals surface area contributed by atoms with Crippen LogP contribution in [0, 0.1) is 0 Å². The molecular weight excluding hydrogens is 471 g/mol. The van der Waals surface area contributed by atoms with Crippen LogP contribution in [0.5, 0.6) is 5.75 Å². The fourth-order valence-corrected chi connectivity index (χ4v) is 3.54. The van der Waals surface area contributed by atoms with Gasteiger partial charge in [0.05, 0.1) is 19.7 Å². The molecule has 1 aromatic heterocycles. The molecule has 5 nitrogen and oxygen atoms in total. The van der Waals surface area contributed by atoms with Gasteiger partial charge >= 0.3 is 0 Å². The minimum atomic E-state index is 0. The van der Waals surface area contributed by atoms with Crippen LogP contribution in [0.25, 0.3) is 0 Å². The van der Waals surface area contributed by atoms with Gasteiger partial charge in [-0.1, -0.05) is 18.2 Å². The predicted molar refractivity (Wildman–Crippen MR) is 127 cm³/mol. The lowest BCUT2D eigenvalue weighted by atomic mass is 10.1. The van der Waals surface area contributed by atoms with Gasteiger partial charge in [-0.25, -0.2) is 0 Å². The highest BCUT2D eigenvalue weighted by molar-refractivity contribution is 14.0. The Labute approximate surface area is 184 Å². The van der Waals surface area contributed by atoms with Crippen LogP contribution in [-0.4, -0.2) is 51.7 Å². The van der Waals surface area contributed by atoms with Gasteiger partial charge in [-0.3, -0.25) is 4.99 Å². The lowest BCUT2D eigenvalue weighted by molar-refractivity contribution is 0.310. The topological polar surface area (TPSA) is 48.9 Å². The molecule has 0 saturated heterocycles. The molecule has 1 aromatic carbocycles. The van der Waals surface area contributed by atoms with Crippen molar-refractivity contribution >= 4 is 41.3 Å². The summed E-state index contributed by atoms with van der Waals surface area (Å²) in [5, 5.41) is 8.88. The Morgan fingerprint density at radius 3 is 2.48 bits per heavy atom. The number of guanidine groups is 1. The Kier molecular flexibility index (Phi) is 11.4. The number of rotatable bonds is 9. The highest BCUT2D eigenvalue weighted by Crippen LogP contribution is 2.23. The average Bonchev–Trinajstić information content (AvgIpc) is 3.16. The highest BCUT2D eigenvalue weighted by atomic mass is 127. The molecule has 0 radical (unpaired) electrons. The number of methoxy groups -OCH3 is 1. The summed E-state index contributed by atoms with van der Waals surface area (Å²) >= 11 is 1.78. The maximum Gasteiger partial charge on any atom is 0.191 e. The van der Waals surface area contributed by atoms with E-state index in [1.54, 1.807) is 18.4 Å². The number of halogens is 1. The monoisotopic (exact) mass is 502 g/mol. The van der Waals surface area contributed by atoms with E-state index in [9.17, 15) is 0 Å². The summed E-state index contributed by atoms with van der Waals surface area (Å²) in [6, 6.07) is 12.8. The first kappa shape index (κ1) is 23.7. The van der Waals surface area contributed by atoms with E-state index in [4.69, 9.17) is 9.73 Å². The zero-order valence-corrected chi connectivity index (χ0v) is 19.7. The molecule has 0 amide bonds. The smallest absolute Gasteiger partial charge is 0.191 e. The molecule has 1 heterocycles. The van der Waals surface area contributed by atoms with Crippen molar-refractivity contribution in [3.63, 3.8) is 0 Å². The number of benzene rings is 1. The van der Waals surface area contributed by atoms with E-state index in [2.05, 4.69) is 66.2 Å². The van der Waals surface area contributed by atoms with Crippen LogP contribution in [0.1, 0.15) is 23.4 Å². The maximum absolute atomic E-state index is 5.20. The summed E-state index contributed by atoms with van der Waals surface area (Å²) in [4.78, 5) is 8.35. The summed E-state index contributed by atoms with van der Waals surface area (Å²) in [6.07, 6.45) is 0.941. The van der Waals surface area contributed by atoms with Crippen LogP contribution >= 0.6 is 35.3 Å². The Morgan fingerprint density at radius 1 is 1.19 bits per heavy atom. The second kappa shape index (κ2) is 13.0. The van der Waals surface area contributed by atoms with Crippen molar-refractivity contribution in [3.05, 3.63) is 52.2 Å². The molecular formula is C20H31IN4OS. The van der Waals surface area contributed by atoms with E-state index in [0.717, 1.165) is 37.8 Å². The molecule has 0 aliphatic heterocycles. The Balaban J connectivity index is 0.00000364. The predicted octanol–water partition coefficient (Wildman–Crippen LogP) is 3.78. The zero-order chi connectivity index (χ0) is 18.8. The second-order valence-corrected chi connectivity index (χ2v) is 7.22. The van der Waals surface area contributed by atoms with E-state index >= 15 is 0 Å². The average molecular weight is 502 g/mol. The van der Waals surface area contributed by atoms with Crippen LogP contribution in [-0.2, 0) is 6.42 Å². The molecule has 27 heavy (non-hydrogen) atoms. The highest BCUT2D eigenvalue weighted by Gasteiger charge is 2.14. The molecule has 1 unspecified atom stereocenters. The SMILES string of the molecule is CCNC(=NCC(c1cccs1)N(C)C)NCCc1ccc(OC)cc1.I. The number of hydrogen-bond acceptors (Lipinski definition) is 4. The van der Waals surface area contributed by atoms with Crippen molar-refractivity contribution in [2.75, 3.05) is 40.8 Å². The van der Waals surface area contributed by atoms with E-state index < -0.39 is 0 Å².